The van der Waals surface area contributed by atoms with E-state index in [1.54, 1.807) is 22.2 Å². The van der Waals surface area contributed by atoms with Gasteiger partial charge in [-0.2, -0.15) is 5.10 Å². The Morgan fingerprint density at radius 2 is 2.12 bits per heavy atom. The molecule has 0 bridgehead atoms. The molecule has 2 heterocycles. The summed E-state index contributed by atoms with van der Waals surface area (Å²) in [5.74, 6) is 0. The van der Waals surface area contributed by atoms with Gasteiger partial charge in [-0.25, -0.2) is 9.78 Å². The Bertz CT molecular complexity index is 811. The fourth-order valence-electron chi connectivity index (χ4n) is 2.27. The number of nitrogens with zero attached hydrogens (tertiary/aromatic N) is 3. The molecule has 1 aromatic carbocycles. The van der Waals surface area contributed by atoms with Crippen LogP contribution in [-0.2, 0) is 13.6 Å². The lowest BCUT2D eigenvalue weighted by atomic mass is 10.2. The average Bonchev–Trinajstić information content (AvgIpc) is 3.23. The minimum atomic E-state index is -0.222. The minimum Gasteiger partial charge on any atom is -0.332 e. The van der Waals surface area contributed by atoms with Crippen molar-refractivity contribution in [2.75, 3.05) is 0 Å². The van der Waals surface area contributed by atoms with Gasteiger partial charge in [-0.3, -0.25) is 4.68 Å². The van der Waals surface area contributed by atoms with E-state index in [4.69, 9.17) is 0 Å². The third-order valence-electron chi connectivity index (χ3n) is 3.57. The van der Waals surface area contributed by atoms with Crippen molar-refractivity contribution >= 4 is 17.4 Å². The maximum absolute atomic E-state index is 12.0. The van der Waals surface area contributed by atoms with Crippen LogP contribution < -0.4 is 10.6 Å². The number of amides is 2. The molecule has 1 unspecified atom stereocenters. The second-order valence-electron chi connectivity index (χ2n) is 5.51. The molecule has 0 saturated carbocycles. The van der Waals surface area contributed by atoms with E-state index in [2.05, 4.69) is 20.7 Å². The fourth-order valence-corrected chi connectivity index (χ4v) is 3.09. The van der Waals surface area contributed by atoms with Crippen molar-refractivity contribution in [3.05, 3.63) is 59.4 Å². The Morgan fingerprint density at radius 1 is 1.33 bits per heavy atom. The molecule has 0 fully saturated rings. The number of benzene rings is 1. The van der Waals surface area contributed by atoms with Crippen molar-refractivity contribution < 1.29 is 4.79 Å². The molecule has 7 heteroatoms. The van der Waals surface area contributed by atoms with Crippen LogP contribution in [0, 0.1) is 0 Å². The van der Waals surface area contributed by atoms with E-state index in [0.717, 1.165) is 21.8 Å². The summed E-state index contributed by atoms with van der Waals surface area (Å²) in [6.07, 6.45) is 3.63. The van der Waals surface area contributed by atoms with Crippen LogP contribution in [0.1, 0.15) is 24.2 Å². The Hall–Kier alpha value is -2.67. The first kappa shape index (κ1) is 16.2. The Kier molecular flexibility index (Phi) is 4.90. The molecule has 24 heavy (non-hydrogen) atoms. The molecule has 1 atom stereocenters. The second-order valence-corrected chi connectivity index (χ2v) is 6.36. The summed E-state index contributed by atoms with van der Waals surface area (Å²) in [6.45, 7) is 2.32. The first-order valence-corrected chi connectivity index (χ1v) is 8.52. The van der Waals surface area contributed by atoms with Crippen LogP contribution in [0.2, 0.25) is 0 Å². The molecule has 3 rings (SSSR count). The highest BCUT2D eigenvalue weighted by atomic mass is 32.1. The van der Waals surface area contributed by atoms with Crippen molar-refractivity contribution in [1.82, 2.24) is 25.4 Å². The van der Waals surface area contributed by atoms with Gasteiger partial charge < -0.3 is 10.6 Å². The van der Waals surface area contributed by atoms with Gasteiger partial charge in [-0.15, -0.1) is 11.3 Å². The maximum atomic E-state index is 12.0. The predicted octanol–water partition coefficient (Wildman–Crippen LogP) is 3.10. The lowest BCUT2D eigenvalue weighted by Gasteiger charge is -2.12. The Morgan fingerprint density at radius 3 is 2.83 bits per heavy atom. The molecule has 2 aromatic heterocycles. The van der Waals surface area contributed by atoms with Gasteiger partial charge in [0.25, 0.3) is 0 Å². The van der Waals surface area contributed by atoms with E-state index in [9.17, 15) is 4.79 Å². The molecule has 3 aromatic rings. The van der Waals surface area contributed by atoms with Crippen LogP contribution in [0.5, 0.6) is 0 Å². The molecule has 124 valence electrons. The zero-order chi connectivity index (χ0) is 16.9. The van der Waals surface area contributed by atoms with E-state index < -0.39 is 0 Å². The number of aromatic nitrogens is 3. The molecule has 0 aliphatic rings. The van der Waals surface area contributed by atoms with Gasteiger partial charge in [0, 0.05) is 29.8 Å². The standard InChI is InChI=1S/C17H19N5OS/c1-12(14-8-19-22(2)10-14)20-17(23)18-9-15-11-24-16(21-15)13-6-4-3-5-7-13/h3-8,10-12H,9H2,1-2H3,(H2,18,20,23). The molecular weight excluding hydrogens is 322 g/mol. The average molecular weight is 341 g/mol. The van der Waals surface area contributed by atoms with Crippen LogP contribution in [0.3, 0.4) is 0 Å². The number of hydrogen-bond donors (Lipinski definition) is 2. The Balaban J connectivity index is 1.52. The van der Waals surface area contributed by atoms with E-state index in [1.807, 2.05) is 55.9 Å². The van der Waals surface area contributed by atoms with Crippen molar-refractivity contribution in [3.63, 3.8) is 0 Å². The van der Waals surface area contributed by atoms with Crippen LogP contribution >= 0.6 is 11.3 Å². The highest BCUT2D eigenvalue weighted by molar-refractivity contribution is 7.13. The number of rotatable bonds is 5. The minimum absolute atomic E-state index is 0.103. The molecule has 0 spiro atoms. The van der Waals surface area contributed by atoms with Gasteiger partial charge in [0.15, 0.2) is 0 Å². The zero-order valence-electron chi connectivity index (χ0n) is 13.6. The highest BCUT2D eigenvalue weighted by Gasteiger charge is 2.11. The van der Waals surface area contributed by atoms with Crippen molar-refractivity contribution in [3.8, 4) is 10.6 Å². The van der Waals surface area contributed by atoms with E-state index >= 15 is 0 Å². The monoisotopic (exact) mass is 341 g/mol. The molecule has 0 aliphatic carbocycles. The number of hydrogen-bond acceptors (Lipinski definition) is 4. The zero-order valence-corrected chi connectivity index (χ0v) is 14.4. The number of urea groups is 1. The number of thiazole rings is 1. The van der Waals surface area contributed by atoms with E-state index in [1.165, 1.54) is 0 Å². The van der Waals surface area contributed by atoms with Gasteiger partial charge in [-0.05, 0) is 6.92 Å². The van der Waals surface area contributed by atoms with Gasteiger partial charge in [0.05, 0.1) is 24.5 Å². The number of aryl methyl sites for hydroxylation is 1. The predicted molar refractivity (Wildman–Crippen MR) is 94.5 cm³/mol. The number of carbonyl (C=O) groups excluding carboxylic acids is 1. The normalized spacial score (nSPS) is 11.9. The molecular formula is C17H19N5OS. The summed E-state index contributed by atoms with van der Waals surface area (Å²) in [5, 5.41) is 12.8. The first-order valence-electron chi connectivity index (χ1n) is 7.64. The van der Waals surface area contributed by atoms with Crippen molar-refractivity contribution in [2.24, 2.45) is 7.05 Å². The molecule has 0 saturated heterocycles. The molecule has 2 N–H and O–H groups in total. The summed E-state index contributed by atoms with van der Waals surface area (Å²) < 4.78 is 1.71. The third kappa shape index (κ3) is 3.99. The summed E-state index contributed by atoms with van der Waals surface area (Å²) in [4.78, 5) is 16.6. The SMILES string of the molecule is CC(NC(=O)NCc1csc(-c2ccccc2)n1)c1cnn(C)c1. The smallest absolute Gasteiger partial charge is 0.315 e. The fraction of sp³-hybridized carbons (Fsp3) is 0.235. The van der Waals surface area contributed by atoms with Crippen LogP contribution in [0.15, 0.2) is 48.1 Å². The third-order valence-corrected chi connectivity index (χ3v) is 4.52. The number of carbonyl (C=O) groups is 1. The van der Waals surface area contributed by atoms with Crippen molar-refractivity contribution in [2.45, 2.75) is 19.5 Å². The van der Waals surface area contributed by atoms with Crippen LogP contribution in [-0.4, -0.2) is 20.8 Å². The molecule has 2 amide bonds. The second kappa shape index (κ2) is 7.27. The van der Waals surface area contributed by atoms with Gasteiger partial charge in [0.2, 0.25) is 0 Å². The first-order chi connectivity index (χ1) is 11.6. The largest absolute Gasteiger partial charge is 0.332 e. The van der Waals surface area contributed by atoms with Gasteiger partial charge in [-0.1, -0.05) is 30.3 Å². The molecule has 0 radical (unpaired) electrons. The summed E-state index contributed by atoms with van der Waals surface area (Å²) >= 11 is 1.57. The lowest BCUT2D eigenvalue weighted by molar-refractivity contribution is 0.237. The summed E-state index contributed by atoms with van der Waals surface area (Å²) in [5.41, 5.74) is 2.90. The van der Waals surface area contributed by atoms with Gasteiger partial charge >= 0.3 is 6.03 Å². The number of nitrogens with one attached hydrogen (secondary N) is 2. The van der Waals surface area contributed by atoms with E-state index in [-0.39, 0.29) is 12.1 Å². The molecule has 6 nitrogen and oxygen atoms in total. The van der Waals surface area contributed by atoms with Crippen molar-refractivity contribution in [1.29, 1.82) is 0 Å². The topological polar surface area (TPSA) is 71.8 Å². The van der Waals surface area contributed by atoms with Gasteiger partial charge in [0.1, 0.15) is 5.01 Å². The van der Waals surface area contributed by atoms with Crippen LogP contribution in [0.25, 0.3) is 10.6 Å². The summed E-state index contributed by atoms with van der Waals surface area (Å²) in [7, 11) is 1.85. The highest BCUT2D eigenvalue weighted by Crippen LogP contribution is 2.23. The molecule has 0 aliphatic heterocycles. The quantitative estimate of drug-likeness (QED) is 0.749. The lowest BCUT2D eigenvalue weighted by Crippen LogP contribution is -2.36. The Labute approximate surface area is 144 Å². The summed E-state index contributed by atoms with van der Waals surface area (Å²) in [6, 6.07) is 9.68. The maximum Gasteiger partial charge on any atom is 0.315 e. The van der Waals surface area contributed by atoms with Crippen LogP contribution in [0.4, 0.5) is 4.79 Å². The van der Waals surface area contributed by atoms with E-state index in [0.29, 0.717) is 6.54 Å².